The molecule has 2 N–H and O–H groups in total. The van der Waals surface area contributed by atoms with Gasteiger partial charge in [0.05, 0.1) is 60.9 Å². The number of aromatic nitrogens is 1. The summed E-state index contributed by atoms with van der Waals surface area (Å²) in [6, 6.07) is 13.1. The first-order valence-corrected chi connectivity index (χ1v) is 49.0. The third-order valence-electron chi connectivity index (χ3n) is 25.5. The summed E-state index contributed by atoms with van der Waals surface area (Å²) in [5, 5.41) is 30.8. The summed E-state index contributed by atoms with van der Waals surface area (Å²) in [4.78, 5) is 35.9. The van der Waals surface area contributed by atoms with Gasteiger partial charge < -0.3 is 39.3 Å². The van der Waals surface area contributed by atoms with Gasteiger partial charge >= 0.3 is 6.18 Å². The molecule has 1 aromatic heterocycles. The molecule has 5 atom stereocenters. The number of piperidine rings is 7. The van der Waals surface area contributed by atoms with Crippen molar-refractivity contribution in [2.75, 3.05) is 171 Å². The Labute approximate surface area is 762 Å². The summed E-state index contributed by atoms with van der Waals surface area (Å²) < 4.78 is 107. The van der Waals surface area contributed by atoms with Gasteiger partial charge in [0.25, 0.3) is 17.4 Å². The SMILES string of the molecule is CC(C)C1CNC1.CC(C)N1CCC(C#N)CC1.CC(C)N1CCC(F)(F)C1.CC(C)N1CCC(O)CC1.CC(C)N1CCCC(C#N)C1.CC(C)N1CCCC(C(F)(F)F)C1.CC(C)N1CCCC(Cl)C1.CC(C)N1CCCC(F)(F)C1.CC(C)N1CCCC(F)C1.CC(C)N1CCN(C)CC1.CC(C)n1cc(Cl)ccc1=O.CC1CN(C(C)C)CCO1. The lowest BCUT2D eigenvalue weighted by Crippen LogP contribution is -2.47. The van der Waals surface area contributed by atoms with Crippen molar-refractivity contribution in [1.29, 1.82) is 10.5 Å². The highest BCUT2D eigenvalue weighted by Gasteiger charge is 2.43. The van der Waals surface area contributed by atoms with E-state index in [-0.39, 0.29) is 74.2 Å². The summed E-state index contributed by atoms with van der Waals surface area (Å²) in [7, 11) is 2.19. The highest BCUT2D eigenvalue weighted by atomic mass is 35.5. The molecule has 730 valence electrons. The number of aliphatic hydroxyl groups is 1. The topological polar surface area (TPSA) is 147 Å². The standard InChI is InChI=1S/C9H16F3N.2C9H16N2.C8H10ClNO.C8H16ClN.C8H15F2N.C8H16FN.C8H18N2.2C8H17NO.C7H13F2N.C6H13N/c1-7(2)13-5-3-4-8(6-13)9(10,11)12;1-8(2)11-5-3-9(7-10)4-6-11;1-8(2)11-5-3-4-9(6-10)7-11;1-6(2)10-5-7(9)3-4-8(10)11;1-7(2)10-5-3-4-8(9)6-10;1-7(2)11-5-3-4-8(9,10)6-11;1-7(2)10-5-3-4-8(9)6-10;1-8(2)10-6-4-9(3)5-7-10;1-7(2)9-4-5-10-8(3)6-9;1-7(2)9-5-3-8(10)4-6-9;1-6(2)10-4-3-7(8,9)5-10;1-5(2)6-3-7-4-6/h7-8H,3-6H2,1-2H3;8-9H,3-6H2,1-2H3;8-9H,3-5,7H2,1-2H3;3-6H,1-2H3;7-8H,3-6H2,1-2H3;7H,3-6H2,1-2H3;7-8H,3-6H2,1-2H3;8H,4-7H2,1-3H3;7-8H,4-6H2,1-3H3;7-8,10H,3-6H2,1-2H3;6H,3-5H2,1-2H3;5-7H,3-4H2,1-2H3. The number of halogens is 10. The molecule has 11 aliphatic rings. The zero-order chi connectivity index (χ0) is 94.4. The lowest BCUT2D eigenvalue weighted by atomic mass is 9.91. The number of likely N-dealkylation sites (tertiary alicyclic amines) is 8. The largest absolute Gasteiger partial charge is 0.393 e. The fourth-order valence-corrected chi connectivity index (χ4v) is 16.6. The highest BCUT2D eigenvalue weighted by Crippen LogP contribution is 2.34. The van der Waals surface area contributed by atoms with Crippen LogP contribution in [0.3, 0.4) is 0 Å². The first-order valence-electron chi connectivity index (χ1n) is 48.2. The van der Waals surface area contributed by atoms with Crippen LogP contribution in [0.5, 0.6) is 0 Å². The minimum atomic E-state index is -4.01. The summed E-state index contributed by atoms with van der Waals surface area (Å²) in [6.45, 7) is 76.6. The monoisotopic (exact) mass is 1820 g/mol. The van der Waals surface area contributed by atoms with Crippen LogP contribution in [0.15, 0.2) is 23.1 Å². The lowest BCUT2D eigenvalue weighted by molar-refractivity contribution is -0.188. The van der Waals surface area contributed by atoms with Crippen LogP contribution in [-0.2, 0) is 4.74 Å². The predicted molar refractivity (Wildman–Crippen MR) is 505 cm³/mol. The van der Waals surface area contributed by atoms with Gasteiger partial charge in [0.1, 0.15) is 6.17 Å². The Kier molecular flexibility index (Phi) is 61.1. The van der Waals surface area contributed by atoms with Crippen LogP contribution in [0.1, 0.15) is 275 Å². The van der Waals surface area contributed by atoms with E-state index in [4.69, 9.17) is 38.5 Å². The van der Waals surface area contributed by atoms with E-state index in [1.165, 1.54) is 77.7 Å². The van der Waals surface area contributed by atoms with E-state index in [9.17, 15) is 45.0 Å². The van der Waals surface area contributed by atoms with Crippen LogP contribution in [-0.4, -0.2) is 336 Å². The molecule has 28 heteroatoms. The molecule has 0 spiro atoms. The molecule has 0 amide bonds. The molecule has 1 aromatic rings. The van der Waals surface area contributed by atoms with Crippen molar-refractivity contribution in [1.82, 2.24) is 63.8 Å². The third kappa shape index (κ3) is 53.2. The molecular weight excluding hydrogens is 1630 g/mol. The van der Waals surface area contributed by atoms with Crippen LogP contribution in [0, 0.1) is 52.3 Å². The average Bonchev–Trinajstić information content (AvgIpc) is 1.12. The fraction of sp³-hybridized carbons (Fsp3) is 0.927. The van der Waals surface area contributed by atoms with E-state index in [1.807, 2.05) is 65.2 Å². The molecule has 12 heterocycles. The first kappa shape index (κ1) is 119. The van der Waals surface area contributed by atoms with Gasteiger partial charge in [0, 0.05) is 188 Å². The van der Waals surface area contributed by atoms with E-state index in [0.717, 1.165) is 141 Å². The van der Waals surface area contributed by atoms with E-state index < -0.39 is 30.1 Å². The van der Waals surface area contributed by atoms with Crippen molar-refractivity contribution in [3.05, 3.63) is 33.7 Å². The normalized spacial score (nSPS) is 24.8. The first-order chi connectivity index (χ1) is 57.8. The zero-order valence-electron chi connectivity index (χ0n) is 82.9. The summed E-state index contributed by atoms with van der Waals surface area (Å²) in [5.41, 5.74) is -0.00981. The van der Waals surface area contributed by atoms with Gasteiger partial charge in [0.2, 0.25) is 0 Å². The number of nitrogens with zero attached hydrogens (tertiary/aromatic N) is 14. The van der Waals surface area contributed by atoms with Gasteiger partial charge in [-0.15, -0.1) is 11.6 Å². The summed E-state index contributed by atoms with van der Waals surface area (Å²) in [5.74, 6) is -3.51. The Balaban J connectivity index is 0.000000677. The predicted octanol–water partition coefficient (Wildman–Crippen LogP) is 19.3. The summed E-state index contributed by atoms with van der Waals surface area (Å²) in [6.07, 6.45) is 9.75. The molecule has 11 saturated heterocycles. The molecule has 0 aromatic carbocycles. The fourth-order valence-electron chi connectivity index (χ4n) is 16.1. The van der Waals surface area contributed by atoms with Gasteiger partial charge in [-0.2, -0.15) is 23.7 Å². The smallest absolute Gasteiger partial charge is 0.393 e. The van der Waals surface area contributed by atoms with Crippen LogP contribution >= 0.6 is 23.2 Å². The molecule has 124 heavy (non-hydrogen) atoms. The quantitative estimate of drug-likeness (QED) is 0.151. The number of alkyl halides is 9. The number of hydrogen-bond acceptors (Lipinski definition) is 17. The number of aliphatic hydroxyl groups excluding tert-OH is 1. The number of morpholine rings is 1. The third-order valence-corrected chi connectivity index (χ3v) is 26.1. The van der Waals surface area contributed by atoms with Crippen LogP contribution < -0.4 is 10.9 Å². The van der Waals surface area contributed by atoms with Crippen molar-refractivity contribution >= 4 is 23.2 Å². The number of rotatable bonds is 12. The number of pyridine rings is 1. The zero-order valence-corrected chi connectivity index (χ0v) is 84.4. The Morgan fingerprint density at radius 1 is 0.460 bits per heavy atom. The molecule has 5 unspecified atom stereocenters. The van der Waals surface area contributed by atoms with Gasteiger partial charge in [-0.05, 0) is 327 Å². The maximum absolute atomic E-state index is 12.8. The van der Waals surface area contributed by atoms with Gasteiger partial charge in [-0.25, -0.2) is 22.0 Å². The number of nitriles is 2. The number of ether oxygens (including phenoxy) is 1. The van der Waals surface area contributed by atoms with Gasteiger partial charge in [-0.1, -0.05) is 25.4 Å². The second-order valence-corrected chi connectivity index (χ2v) is 40.9. The van der Waals surface area contributed by atoms with Crippen LogP contribution in [0.4, 0.5) is 35.1 Å². The molecule has 0 saturated carbocycles. The van der Waals surface area contributed by atoms with E-state index >= 15 is 0 Å². The molecule has 0 bridgehead atoms. The molecule has 0 aliphatic carbocycles. The second-order valence-electron chi connectivity index (χ2n) is 39.8. The molecule has 11 aliphatic heterocycles. The minimum Gasteiger partial charge on any atom is -0.393 e. The molecule has 18 nitrogen and oxygen atoms in total. The van der Waals surface area contributed by atoms with Crippen molar-refractivity contribution in [2.24, 2.45) is 29.6 Å². The Morgan fingerprint density at radius 2 is 0.863 bits per heavy atom. The number of hydrogen-bond donors (Lipinski definition) is 2. The number of nitrogens with one attached hydrogen (secondary N) is 1. The Bertz CT molecular complexity index is 2870. The molecule has 12 rings (SSSR count). The Morgan fingerprint density at radius 3 is 1.20 bits per heavy atom. The van der Waals surface area contributed by atoms with Crippen LogP contribution in [0.25, 0.3) is 0 Å². The van der Waals surface area contributed by atoms with Gasteiger partial charge in [-0.3, -0.25) is 39.1 Å². The van der Waals surface area contributed by atoms with Crippen molar-refractivity contribution < 1.29 is 45.0 Å². The van der Waals surface area contributed by atoms with Crippen molar-refractivity contribution in [2.45, 2.75) is 378 Å². The van der Waals surface area contributed by atoms with E-state index in [0.29, 0.717) is 91.0 Å². The average molecular weight is 1820 g/mol. The minimum absolute atomic E-state index is 0.00981. The highest BCUT2D eigenvalue weighted by molar-refractivity contribution is 6.30. The van der Waals surface area contributed by atoms with Crippen molar-refractivity contribution in [3.63, 3.8) is 0 Å². The molecule has 0 radical (unpaired) electrons. The van der Waals surface area contributed by atoms with Gasteiger partial charge in [0.15, 0.2) is 0 Å². The maximum Gasteiger partial charge on any atom is 0.393 e. The number of likely N-dealkylation sites (N-methyl/N-ethyl adjacent to an activating group) is 1. The van der Waals surface area contributed by atoms with E-state index in [1.54, 1.807) is 21.7 Å². The van der Waals surface area contributed by atoms with Crippen molar-refractivity contribution in [3.8, 4) is 12.1 Å². The molecular formula is C96H183Cl2F8N15O3. The molecule has 11 fully saturated rings. The maximum atomic E-state index is 12.8. The second kappa shape index (κ2) is 63.5. The Hall–Kier alpha value is -2.61. The van der Waals surface area contributed by atoms with E-state index in [2.05, 4.69) is 181 Å². The van der Waals surface area contributed by atoms with Crippen LogP contribution in [0.2, 0.25) is 5.02 Å². The summed E-state index contributed by atoms with van der Waals surface area (Å²) >= 11 is 11.7. The lowest BCUT2D eigenvalue weighted by Gasteiger charge is -2.36. The number of piperazine rings is 1.